The summed E-state index contributed by atoms with van der Waals surface area (Å²) in [4.78, 5) is 41.2. The number of anilines is 1. The Balaban J connectivity index is 1.23. The van der Waals surface area contributed by atoms with Crippen LogP contribution in [0, 0.1) is 5.92 Å². The summed E-state index contributed by atoms with van der Waals surface area (Å²) in [5.41, 5.74) is 3.74. The SMILES string of the molecule is COC(=O)C1(c2cc3c(cc2OC)N(C)C(C(O)COC(=O)C2CCCN2C)C32CCN3CC=CCC32)CC2CC(O)CN(CCc3c1[nH]c1ccccc31)C2. The minimum atomic E-state index is -1.30. The Bertz CT molecular complexity index is 2030. The van der Waals surface area contributed by atoms with Gasteiger partial charge in [0.2, 0.25) is 0 Å². The van der Waals surface area contributed by atoms with Crippen LogP contribution in [0.4, 0.5) is 5.69 Å². The molecule has 0 aliphatic carbocycles. The molecule has 0 amide bonds. The molecule has 1 aromatic heterocycles. The molecule has 56 heavy (non-hydrogen) atoms. The summed E-state index contributed by atoms with van der Waals surface area (Å²) in [7, 11) is 7.10. The zero-order valence-electron chi connectivity index (χ0n) is 33.2. The monoisotopic (exact) mass is 767 g/mol. The number of carbonyl (C=O) groups excluding carboxylic acids is 2. The third-order valence-corrected chi connectivity index (χ3v) is 14.5. The van der Waals surface area contributed by atoms with Crippen molar-refractivity contribution >= 4 is 28.5 Å². The second-order valence-corrected chi connectivity index (χ2v) is 17.4. The van der Waals surface area contributed by atoms with E-state index in [9.17, 15) is 15.0 Å². The third-order valence-electron chi connectivity index (χ3n) is 14.5. The van der Waals surface area contributed by atoms with Gasteiger partial charge in [0, 0.05) is 78.6 Å². The number of benzene rings is 2. The van der Waals surface area contributed by atoms with Crippen molar-refractivity contribution in [2.24, 2.45) is 5.92 Å². The number of aromatic nitrogens is 1. The fourth-order valence-electron chi connectivity index (χ4n) is 12.1. The van der Waals surface area contributed by atoms with Crippen LogP contribution in [-0.2, 0) is 36.3 Å². The van der Waals surface area contributed by atoms with Gasteiger partial charge in [-0.2, -0.15) is 0 Å². The number of likely N-dealkylation sites (tertiary alicyclic amines) is 1. The Kier molecular flexibility index (Phi) is 9.72. The van der Waals surface area contributed by atoms with Gasteiger partial charge in [0.15, 0.2) is 0 Å². The lowest BCUT2D eigenvalue weighted by atomic mass is 9.64. The predicted octanol–water partition coefficient (Wildman–Crippen LogP) is 3.35. The molecule has 7 heterocycles. The summed E-state index contributed by atoms with van der Waals surface area (Å²) in [5.74, 6) is -0.0861. The van der Waals surface area contributed by atoms with Gasteiger partial charge in [-0.1, -0.05) is 30.4 Å². The summed E-state index contributed by atoms with van der Waals surface area (Å²) < 4.78 is 18.2. The topological polar surface area (TPSA) is 131 Å². The molecule has 9 unspecified atom stereocenters. The molecule has 12 heteroatoms. The molecule has 2 aromatic carbocycles. The van der Waals surface area contributed by atoms with E-state index in [2.05, 4.69) is 56.1 Å². The summed E-state index contributed by atoms with van der Waals surface area (Å²) in [6.45, 7) is 4.57. The Labute approximate surface area is 329 Å². The van der Waals surface area contributed by atoms with E-state index in [1.807, 2.05) is 31.1 Å². The van der Waals surface area contributed by atoms with Crippen molar-refractivity contribution in [1.82, 2.24) is 19.7 Å². The first kappa shape index (κ1) is 37.6. The number of hydrogen-bond donors (Lipinski definition) is 3. The number of hydrogen-bond acceptors (Lipinski definition) is 11. The Morgan fingerprint density at radius 2 is 1.89 bits per heavy atom. The zero-order valence-corrected chi connectivity index (χ0v) is 33.2. The van der Waals surface area contributed by atoms with Crippen LogP contribution in [0.2, 0.25) is 0 Å². The second-order valence-electron chi connectivity index (χ2n) is 17.4. The van der Waals surface area contributed by atoms with E-state index in [1.54, 1.807) is 7.11 Å². The Hall–Kier alpha value is -3.94. The van der Waals surface area contributed by atoms with Gasteiger partial charge in [-0.15, -0.1) is 0 Å². The summed E-state index contributed by atoms with van der Waals surface area (Å²) in [6.07, 6.45) is 8.01. The van der Waals surface area contributed by atoms with Gasteiger partial charge in [-0.3, -0.25) is 19.4 Å². The van der Waals surface area contributed by atoms with E-state index in [1.165, 1.54) is 7.11 Å². The standard InChI is InChI=1S/C44H57N5O7/c1-46-16-9-12-34(46)41(52)56-26-36(51)40-43(15-19-49-17-8-7-13-38(43)49)31-21-32(37(54-3)22-35(31)47(40)2)44(42(53)55-4)23-27-20-28(50)25-48(24-27)18-14-30-29-10-5-6-11-33(29)45-39(30)44/h5-8,10-11,21-22,27-28,34,36,38,40,45,50-51H,9,12-20,23-26H2,1-4H3. The van der Waals surface area contributed by atoms with E-state index in [0.29, 0.717) is 31.6 Å². The lowest BCUT2D eigenvalue weighted by Crippen LogP contribution is -2.58. The highest BCUT2D eigenvalue weighted by Crippen LogP contribution is 2.59. The van der Waals surface area contributed by atoms with Gasteiger partial charge < -0.3 is 39.2 Å². The molecule has 12 nitrogen and oxygen atoms in total. The number of carbonyl (C=O) groups is 2. The van der Waals surface area contributed by atoms with E-state index < -0.39 is 29.1 Å². The van der Waals surface area contributed by atoms with Gasteiger partial charge >= 0.3 is 11.9 Å². The fraction of sp³-hybridized carbons (Fsp3) is 0.591. The van der Waals surface area contributed by atoms with Crippen LogP contribution in [0.15, 0.2) is 48.6 Å². The van der Waals surface area contributed by atoms with E-state index in [0.717, 1.165) is 97.4 Å². The van der Waals surface area contributed by atoms with Crippen LogP contribution in [0.5, 0.6) is 5.75 Å². The van der Waals surface area contributed by atoms with Crippen LogP contribution < -0.4 is 9.64 Å². The first-order valence-electron chi connectivity index (χ1n) is 20.6. The third kappa shape index (κ3) is 5.73. The van der Waals surface area contributed by atoms with Gasteiger partial charge in [0.25, 0.3) is 0 Å². The van der Waals surface area contributed by atoms with Crippen molar-refractivity contribution in [2.45, 2.75) is 86.1 Å². The number of likely N-dealkylation sites (N-methyl/N-ethyl adjacent to an activating group) is 2. The molecule has 9 rings (SSSR count). The number of ether oxygens (including phenoxy) is 3. The lowest BCUT2D eigenvalue weighted by Gasteiger charge is -2.44. The van der Waals surface area contributed by atoms with Gasteiger partial charge in [-0.25, -0.2) is 0 Å². The number of esters is 2. The largest absolute Gasteiger partial charge is 0.496 e. The molecule has 3 aromatic rings. The van der Waals surface area contributed by atoms with Crippen LogP contribution in [0.1, 0.15) is 60.9 Å². The summed E-state index contributed by atoms with van der Waals surface area (Å²) in [5, 5.41) is 24.6. The number of H-pyrrole nitrogens is 1. The summed E-state index contributed by atoms with van der Waals surface area (Å²) >= 11 is 0. The number of aromatic amines is 1. The van der Waals surface area contributed by atoms with Gasteiger partial charge in [0.1, 0.15) is 29.9 Å². The van der Waals surface area contributed by atoms with Crippen molar-refractivity contribution < 1.29 is 34.0 Å². The predicted molar refractivity (Wildman–Crippen MR) is 213 cm³/mol. The highest BCUT2D eigenvalue weighted by molar-refractivity contribution is 5.94. The number of aliphatic hydroxyl groups excluding tert-OH is 2. The number of nitrogens with one attached hydrogen (secondary N) is 1. The lowest BCUT2D eigenvalue weighted by molar-refractivity contribution is -0.152. The van der Waals surface area contributed by atoms with Crippen molar-refractivity contribution in [2.75, 3.05) is 79.1 Å². The summed E-state index contributed by atoms with van der Waals surface area (Å²) in [6, 6.07) is 11.9. The highest BCUT2D eigenvalue weighted by Gasteiger charge is 2.62. The van der Waals surface area contributed by atoms with Crippen molar-refractivity contribution in [3.63, 3.8) is 0 Å². The smallest absolute Gasteiger partial charge is 0.323 e. The number of methoxy groups -OCH3 is 2. The molecule has 2 bridgehead atoms. The quantitative estimate of drug-likeness (QED) is 0.242. The molecule has 0 radical (unpaired) electrons. The van der Waals surface area contributed by atoms with E-state index >= 15 is 4.79 Å². The average molecular weight is 768 g/mol. The minimum absolute atomic E-state index is 0.00145. The molecule has 3 saturated heterocycles. The van der Waals surface area contributed by atoms with Gasteiger partial charge in [0.05, 0.1) is 26.4 Å². The Morgan fingerprint density at radius 1 is 1.05 bits per heavy atom. The first-order chi connectivity index (χ1) is 27.1. The van der Waals surface area contributed by atoms with Gasteiger partial charge in [-0.05, 0) is 94.3 Å². The van der Waals surface area contributed by atoms with Crippen LogP contribution in [0.3, 0.4) is 0 Å². The van der Waals surface area contributed by atoms with Crippen LogP contribution in [-0.4, -0.2) is 146 Å². The first-order valence-corrected chi connectivity index (χ1v) is 20.6. The molecule has 3 fully saturated rings. The molecule has 3 N–H and O–H groups in total. The van der Waals surface area contributed by atoms with E-state index in [4.69, 9.17) is 14.2 Å². The fourth-order valence-corrected chi connectivity index (χ4v) is 12.1. The average Bonchev–Trinajstić information content (AvgIpc) is 3.97. The highest BCUT2D eigenvalue weighted by atomic mass is 16.5. The van der Waals surface area contributed by atoms with Crippen molar-refractivity contribution in [3.05, 3.63) is 70.9 Å². The number of nitrogens with zero attached hydrogens (tertiary/aromatic N) is 4. The molecule has 6 aliphatic rings. The Morgan fingerprint density at radius 3 is 2.68 bits per heavy atom. The van der Waals surface area contributed by atoms with Crippen LogP contribution in [0.25, 0.3) is 10.9 Å². The van der Waals surface area contributed by atoms with Crippen LogP contribution >= 0.6 is 0 Å². The minimum Gasteiger partial charge on any atom is -0.496 e. The maximum Gasteiger partial charge on any atom is 0.323 e. The second kappa shape index (κ2) is 14.5. The molecule has 6 aliphatic heterocycles. The number of piperidine rings is 1. The maximum atomic E-state index is 15.1. The molecule has 9 atom stereocenters. The maximum absolute atomic E-state index is 15.1. The number of aliphatic hydroxyl groups is 2. The zero-order chi connectivity index (χ0) is 38.9. The molecular weight excluding hydrogens is 711 g/mol. The number of rotatable bonds is 7. The molecular formula is C44H57N5O7. The molecule has 0 saturated carbocycles. The van der Waals surface area contributed by atoms with Crippen molar-refractivity contribution in [1.29, 1.82) is 0 Å². The normalized spacial score (nSPS) is 33.4. The molecule has 1 spiro atoms. The van der Waals surface area contributed by atoms with E-state index in [-0.39, 0.29) is 36.5 Å². The van der Waals surface area contributed by atoms with Crippen molar-refractivity contribution in [3.8, 4) is 5.75 Å². The number of fused-ring (bicyclic) bond motifs is 9. The number of para-hydroxylation sites is 1. The molecule has 300 valence electrons.